The third-order valence-electron chi connectivity index (χ3n) is 3.59. The Morgan fingerprint density at radius 1 is 0.941 bits per heavy atom. The maximum atomic E-state index is 3.56. The van der Waals surface area contributed by atoms with E-state index >= 15 is 0 Å². The van der Waals surface area contributed by atoms with E-state index in [9.17, 15) is 0 Å². The van der Waals surface area contributed by atoms with E-state index in [1.165, 1.54) is 27.5 Å². The molecule has 0 saturated carbocycles. The molecule has 1 atom stereocenters. The number of hydrogen-bond acceptors (Lipinski definition) is 0. The molecule has 4 rings (SSSR count). The maximum Gasteiger partial charge on any atom is 0.0285 e. The third-order valence-corrected chi connectivity index (χ3v) is 3.59. The molecular formula is C17H11. The summed E-state index contributed by atoms with van der Waals surface area (Å²) < 4.78 is 0. The largest absolute Gasteiger partial charge is 0.0726 e. The van der Waals surface area contributed by atoms with Gasteiger partial charge in [-0.3, -0.25) is 0 Å². The SMILES string of the molecule is [C]1=C2C=CC=CC2c2ccc3ccccc3c21. The molecule has 0 N–H and O–H groups in total. The van der Waals surface area contributed by atoms with E-state index in [-0.39, 0.29) is 0 Å². The highest BCUT2D eigenvalue weighted by molar-refractivity contribution is 5.89. The van der Waals surface area contributed by atoms with Crippen molar-refractivity contribution in [2.45, 2.75) is 5.92 Å². The van der Waals surface area contributed by atoms with E-state index in [0.717, 1.165) is 0 Å². The van der Waals surface area contributed by atoms with Gasteiger partial charge >= 0.3 is 0 Å². The standard InChI is InChI=1S/C17H11/c1-3-7-14-12(5-1)9-10-16-15-8-4-2-6-13(15)11-17(14)16/h1-10,15H. The van der Waals surface area contributed by atoms with E-state index in [2.05, 4.69) is 66.8 Å². The van der Waals surface area contributed by atoms with Gasteiger partial charge in [0.25, 0.3) is 0 Å². The van der Waals surface area contributed by atoms with Gasteiger partial charge in [-0.1, -0.05) is 60.7 Å². The molecule has 0 saturated heterocycles. The predicted octanol–water partition coefficient (Wildman–Crippen LogP) is 4.14. The second-order valence-electron chi connectivity index (χ2n) is 4.55. The first kappa shape index (κ1) is 9.00. The lowest BCUT2D eigenvalue weighted by Crippen LogP contribution is -1.95. The van der Waals surface area contributed by atoms with Crippen LogP contribution in [-0.4, -0.2) is 0 Å². The van der Waals surface area contributed by atoms with Crippen molar-refractivity contribution in [3.8, 4) is 0 Å². The highest BCUT2D eigenvalue weighted by Gasteiger charge is 2.24. The molecule has 1 unspecified atom stereocenters. The van der Waals surface area contributed by atoms with Crippen LogP contribution in [0.2, 0.25) is 0 Å². The third kappa shape index (κ3) is 1.18. The maximum absolute atomic E-state index is 3.56. The van der Waals surface area contributed by atoms with Gasteiger partial charge in [0.05, 0.1) is 0 Å². The molecule has 2 aliphatic rings. The summed E-state index contributed by atoms with van der Waals surface area (Å²) in [5.41, 5.74) is 3.96. The van der Waals surface area contributed by atoms with E-state index in [1.807, 2.05) is 0 Å². The fourth-order valence-electron chi connectivity index (χ4n) is 2.76. The fourth-order valence-corrected chi connectivity index (χ4v) is 2.76. The number of benzene rings is 2. The monoisotopic (exact) mass is 215 g/mol. The number of allylic oxidation sites excluding steroid dienone is 5. The topological polar surface area (TPSA) is 0 Å². The molecule has 2 aromatic rings. The lowest BCUT2D eigenvalue weighted by molar-refractivity contribution is 1.05. The Kier molecular flexibility index (Phi) is 1.70. The van der Waals surface area contributed by atoms with E-state index in [0.29, 0.717) is 5.92 Å². The molecule has 0 heteroatoms. The van der Waals surface area contributed by atoms with Crippen molar-refractivity contribution in [2.24, 2.45) is 0 Å². The van der Waals surface area contributed by atoms with Crippen LogP contribution in [0.25, 0.3) is 10.8 Å². The molecule has 2 aliphatic carbocycles. The molecule has 17 heavy (non-hydrogen) atoms. The molecule has 0 aliphatic heterocycles. The second kappa shape index (κ2) is 3.21. The first-order chi connectivity index (χ1) is 8.43. The Labute approximate surface area is 101 Å². The van der Waals surface area contributed by atoms with E-state index in [4.69, 9.17) is 0 Å². The zero-order valence-corrected chi connectivity index (χ0v) is 9.35. The fraction of sp³-hybridized carbons (Fsp3) is 0.0588. The van der Waals surface area contributed by atoms with Crippen LogP contribution >= 0.6 is 0 Å². The van der Waals surface area contributed by atoms with E-state index in [1.54, 1.807) is 0 Å². The Bertz CT molecular complexity index is 699. The van der Waals surface area contributed by atoms with Crippen LogP contribution in [0.1, 0.15) is 17.0 Å². The highest BCUT2D eigenvalue weighted by atomic mass is 14.3. The van der Waals surface area contributed by atoms with Gasteiger partial charge in [-0.2, -0.15) is 0 Å². The van der Waals surface area contributed by atoms with Crippen molar-refractivity contribution < 1.29 is 0 Å². The number of hydrogen-bond donors (Lipinski definition) is 0. The molecule has 2 aromatic carbocycles. The predicted molar refractivity (Wildman–Crippen MR) is 70.8 cm³/mol. The summed E-state index contributed by atoms with van der Waals surface area (Å²) >= 11 is 0. The zero-order chi connectivity index (χ0) is 11.2. The number of rotatable bonds is 0. The number of fused-ring (bicyclic) bond motifs is 5. The minimum Gasteiger partial charge on any atom is -0.0726 e. The molecule has 0 aromatic heterocycles. The molecule has 0 nitrogen and oxygen atoms in total. The summed E-state index contributed by atoms with van der Waals surface area (Å²) in [7, 11) is 0. The summed E-state index contributed by atoms with van der Waals surface area (Å²) in [6.45, 7) is 0. The molecule has 0 amide bonds. The van der Waals surface area contributed by atoms with Gasteiger partial charge in [0, 0.05) is 5.92 Å². The van der Waals surface area contributed by atoms with Gasteiger partial charge in [-0.25, -0.2) is 0 Å². The van der Waals surface area contributed by atoms with Crippen LogP contribution in [0.3, 0.4) is 0 Å². The van der Waals surface area contributed by atoms with Gasteiger partial charge in [0.15, 0.2) is 0 Å². The molecule has 0 fully saturated rings. The van der Waals surface area contributed by atoms with Crippen LogP contribution < -0.4 is 0 Å². The molecular weight excluding hydrogens is 204 g/mol. The van der Waals surface area contributed by atoms with Crippen molar-refractivity contribution in [3.63, 3.8) is 0 Å². The van der Waals surface area contributed by atoms with Gasteiger partial charge in [-0.05, 0) is 33.5 Å². The van der Waals surface area contributed by atoms with Crippen LogP contribution in [0.4, 0.5) is 0 Å². The molecule has 0 bridgehead atoms. The minimum absolute atomic E-state index is 0.416. The van der Waals surface area contributed by atoms with Gasteiger partial charge < -0.3 is 0 Å². The zero-order valence-electron chi connectivity index (χ0n) is 9.35. The highest BCUT2D eigenvalue weighted by Crippen LogP contribution is 2.40. The average Bonchev–Trinajstić information content (AvgIpc) is 2.78. The molecule has 1 radical (unpaired) electrons. The first-order valence-electron chi connectivity index (χ1n) is 5.94. The van der Waals surface area contributed by atoms with Crippen LogP contribution in [0.15, 0.2) is 66.3 Å². The van der Waals surface area contributed by atoms with Crippen LogP contribution in [0.5, 0.6) is 0 Å². The van der Waals surface area contributed by atoms with Crippen molar-refractivity contribution in [3.05, 3.63) is 83.5 Å². The van der Waals surface area contributed by atoms with Crippen molar-refractivity contribution in [2.75, 3.05) is 0 Å². The Morgan fingerprint density at radius 2 is 1.88 bits per heavy atom. The summed E-state index contributed by atoms with van der Waals surface area (Å²) in [4.78, 5) is 0. The van der Waals surface area contributed by atoms with Gasteiger partial charge in [-0.15, -0.1) is 0 Å². The Morgan fingerprint density at radius 3 is 2.88 bits per heavy atom. The lowest BCUT2D eigenvalue weighted by Gasteiger charge is -2.12. The molecule has 79 valence electrons. The van der Waals surface area contributed by atoms with Crippen molar-refractivity contribution >= 4 is 10.8 Å². The lowest BCUT2D eigenvalue weighted by atomic mass is 9.91. The average molecular weight is 215 g/mol. The summed E-state index contributed by atoms with van der Waals surface area (Å²) in [6, 6.07) is 13.0. The quantitative estimate of drug-likeness (QED) is 0.619. The first-order valence-corrected chi connectivity index (χ1v) is 5.94. The van der Waals surface area contributed by atoms with Gasteiger partial charge in [0.2, 0.25) is 0 Å². The second-order valence-corrected chi connectivity index (χ2v) is 4.55. The summed E-state index contributed by atoms with van der Waals surface area (Å²) in [5.74, 6) is 0.416. The van der Waals surface area contributed by atoms with E-state index < -0.39 is 0 Å². The van der Waals surface area contributed by atoms with Crippen LogP contribution in [-0.2, 0) is 0 Å². The summed E-state index contributed by atoms with van der Waals surface area (Å²) in [5, 5.41) is 2.61. The minimum atomic E-state index is 0.416. The molecule has 0 heterocycles. The van der Waals surface area contributed by atoms with Crippen molar-refractivity contribution in [1.29, 1.82) is 0 Å². The molecule has 0 spiro atoms. The normalized spacial score (nSPS) is 20.2. The van der Waals surface area contributed by atoms with Crippen molar-refractivity contribution in [1.82, 2.24) is 0 Å². The smallest absolute Gasteiger partial charge is 0.0285 e. The summed E-state index contributed by atoms with van der Waals surface area (Å²) in [6.07, 6.45) is 12.2. The Hall–Kier alpha value is -2.08. The Balaban J connectivity index is 2.08. The van der Waals surface area contributed by atoms with Gasteiger partial charge in [0.1, 0.15) is 0 Å². The van der Waals surface area contributed by atoms with Crippen LogP contribution in [0, 0.1) is 6.08 Å².